The van der Waals surface area contributed by atoms with Gasteiger partial charge in [-0.3, -0.25) is 5.32 Å². The molecular weight excluding hydrogens is 471 g/mol. The fourth-order valence-electron chi connectivity index (χ4n) is 2.55. The first kappa shape index (κ1) is 17.9. The van der Waals surface area contributed by atoms with Crippen LogP contribution >= 0.6 is 31.9 Å². The van der Waals surface area contributed by atoms with Gasteiger partial charge in [0.2, 0.25) is 5.96 Å². The predicted molar refractivity (Wildman–Crippen MR) is 101 cm³/mol. The summed E-state index contributed by atoms with van der Waals surface area (Å²) >= 11 is 6.46. The first-order valence-electron chi connectivity index (χ1n) is 7.00. The van der Waals surface area contributed by atoms with Crippen LogP contribution in [0.4, 0.5) is 21.7 Å². The van der Waals surface area contributed by atoms with Gasteiger partial charge in [0.25, 0.3) is 0 Å². The maximum Gasteiger partial charge on any atom is 0.211 e. The minimum Gasteiger partial charge on any atom is -0.397 e. The van der Waals surface area contributed by atoms with E-state index in [0.29, 0.717) is 15.6 Å². The molecule has 1 atom stereocenters. The summed E-state index contributed by atoms with van der Waals surface area (Å²) in [5, 5.41) is 23.4. The average molecular weight is 480 g/mol. The number of rotatable bonds is 1. The molecule has 26 heavy (non-hydrogen) atoms. The Morgan fingerprint density at radius 2 is 1.96 bits per heavy atom. The number of fused-ring (bicyclic) bond motifs is 1. The van der Waals surface area contributed by atoms with Crippen molar-refractivity contribution < 1.29 is 4.39 Å². The quantitative estimate of drug-likeness (QED) is 0.279. The van der Waals surface area contributed by atoms with Gasteiger partial charge in [0.1, 0.15) is 35.1 Å². The Hall–Kier alpha value is -2.89. The van der Waals surface area contributed by atoms with Crippen LogP contribution in [0.5, 0.6) is 0 Å². The molecule has 0 aliphatic carbocycles. The van der Waals surface area contributed by atoms with E-state index in [-0.39, 0.29) is 33.3 Å². The van der Waals surface area contributed by atoms with E-state index in [1.54, 1.807) is 6.19 Å². The number of guanidine groups is 1. The second-order valence-electron chi connectivity index (χ2n) is 5.19. The van der Waals surface area contributed by atoms with Gasteiger partial charge in [-0.1, -0.05) is 15.9 Å². The summed E-state index contributed by atoms with van der Waals surface area (Å²) in [6, 6.07) is 3.98. The summed E-state index contributed by atoms with van der Waals surface area (Å²) < 4.78 is 14.5. The third kappa shape index (κ3) is 2.92. The summed E-state index contributed by atoms with van der Waals surface area (Å²) in [4.78, 5) is 8.57. The van der Waals surface area contributed by atoms with Crippen molar-refractivity contribution in [3.63, 3.8) is 0 Å². The predicted octanol–water partition coefficient (Wildman–Crippen LogP) is 2.72. The number of hydrogen-bond acceptors (Lipinski definition) is 8. The summed E-state index contributed by atoms with van der Waals surface area (Å²) in [7, 11) is 0. The van der Waals surface area contributed by atoms with Crippen molar-refractivity contribution in [2.45, 2.75) is 6.04 Å². The number of aromatic nitrogens is 1. The lowest BCUT2D eigenvalue weighted by Gasteiger charge is -2.27. The highest BCUT2D eigenvalue weighted by Crippen LogP contribution is 2.43. The van der Waals surface area contributed by atoms with Crippen LogP contribution in [0, 0.1) is 28.6 Å². The molecule has 8 nitrogen and oxygen atoms in total. The van der Waals surface area contributed by atoms with Gasteiger partial charge in [-0.2, -0.15) is 10.5 Å². The molecule has 0 bridgehead atoms. The Labute approximate surface area is 164 Å². The van der Waals surface area contributed by atoms with Gasteiger partial charge in [0, 0.05) is 10.0 Å². The van der Waals surface area contributed by atoms with Crippen LogP contribution in [0.2, 0.25) is 0 Å². The molecule has 1 aliphatic heterocycles. The van der Waals surface area contributed by atoms with Gasteiger partial charge in [0.05, 0.1) is 10.2 Å². The zero-order valence-electron chi connectivity index (χ0n) is 12.8. The van der Waals surface area contributed by atoms with E-state index in [2.05, 4.69) is 52.5 Å². The molecule has 0 saturated heterocycles. The van der Waals surface area contributed by atoms with Gasteiger partial charge < -0.3 is 16.8 Å². The Morgan fingerprint density at radius 3 is 2.62 bits per heavy atom. The fourth-order valence-corrected chi connectivity index (χ4v) is 3.45. The van der Waals surface area contributed by atoms with Crippen LogP contribution in [0.3, 0.4) is 0 Å². The molecule has 1 aliphatic rings. The summed E-state index contributed by atoms with van der Waals surface area (Å²) in [6.45, 7) is 0. The van der Waals surface area contributed by atoms with E-state index < -0.39 is 11.9 Å². The highest BCUT2D eigenvalue weighted by molar-refractivity contribution is 9.11. The Morgan fingerprint density at radius 1 is 1.23 bits per heavy atom. The van der Waals surface area contributed by atoms with E-state index in [1.165, 1.54) is 12.1 Å². The fraction of sp³-hybridized carbons (Fsp3) is 0.0667. The molecule has 2 aromatic rings. The number of hydrogen-bond donors (Lipinski definition) is 4. The first-order chi connectivity index (χ1) is 12.4. The van der Waals surface area contributed by atoms with Crippen molar-refractivity contribution in [3.05, 3.63) is 43.6 Å². The maximum absolute atomic E-state index is 13.8. The summed E-state index contributed by atoms with van der Waals surface area (Å²) in [5.74, 6) is -0.139. The number of nitriles is 2. The first-order valence-corrected chi connectivity index (χ1v) is 8.59. The number of aliphatic imine (C=N–C) groups is 1. The normalized spacial score (nSPS) is 15.1. The lowest BCUT2D eigenvalue weighted by molar-refractivity contribution is 0.618. The Kier molecular flexibility index (Phi) is 4.68. The molecule has 0 saturated carbocycles. The minimum absolute atomic E-state index is 0.0275. The van der Waals surface area contributed by atoms with Crippen LogP contribution in [0.25, 0.3) is 0 Å². The van der Waals surface area contributed by atoms with Crippen molar-refractivity contribution >= 4 is 55.1 Å². The monoisotopic (exact) mass is 478 g/mol. The summed E-state index contributed by atoms with van der Waals surface area (Å²) in [6.07, 6.45) is 1.76. The number of benzene rings is 1. The molecule has 11 heteroatoms. The number of nitrogen functional groups attached to an aromatic ring is 2. The van der Waals surface area contributed by atoms with Gasteiger partial charge >= 0.3 is 0 Å². The van der Waals surface area contributed by atoms with Gasteiger partial charge in [0.15, 0.2) is 6.19 Å². The standard InChI is InChI=1S/C15H9Br2FN8/c16-7-2-9(18)8(17)1-5(7)12-10-11(21)6(3-19)13(22)25-14(10)26-15(24-12)23-4-20/h1-2,12H,(H6,21,22,23,24,25,26). The number of halogens is 3. The third-order valence-corrected chi connectivity index (χ3v) is 4.99. The second-order valence-corrected chi connectivity index (χ2v) is 6.90. The van der Waals surface area contributed by atoms with Crippen LogP contribution in [-0.2, 0) is 0 Å². The Bertz CT molecular complexity index is 1040. The van der Waals surface area contributed by atoms with Crippen molar-refractivity contribution in [2.75, 3.05) is 16.8 Å². The van der Waals surface area contributed by atoms with Crippen molar-refractivity contribution in [2.24, 2.45) is 4.99 Å². The molecule has 6 N–H and O–H groups in total. The third-order valence-electron chi connectivity index (χ3n) is 3.69. The number of pyridine rings is 1. The summed E-state index contributed by atoms with van der Waals surface area (Å²) in [5.41, 5.74) is 13.0. The lowest BCUT2D eigenvalue weighted by Crippen LogP contribution is -2.32. The van der Waals surface area contributed by atoms with E-state index in [4.69, 9.17) is 16.7 Å². The van der Waals surface area contributed by atoms with E-state index in [0.717, 1.165) is 0 Å². The number of nitrogens with two attached hydrogens (primary N) is 2. The molecule has 2 heterocycles. The van der Waals surface area contributed by atoms with Gasteiger partial charge in [-0.25, -0.2) is 14.4 Å². The Balaban J connectivity index is 2.30. The molecule has 1 unspecified atom stereocenters. The number of anilines is 3. The van der Waals surface area contributed by atoms with Crippen LogP contribution < -0.4 is 22.1 Å². The van der Waals surface area contributed by atoms with Crippen molar-refractivity contribution in [3.8, 4) is 12.3 Å². The smallest absolute Gasteiger partial charge is 0.211 e. The van der Waals surface area contributed by atoms with Gasteiger partial charge in [-0.05, 0) is 33.6 Å². The SMILES string of the molecule is N#CNC1=NC(c2cc(Br)c(F)cc2Br)c2c(nc(N)c(C#N)c2N)N1. The number of nitrogens with zero attached hydrogens (tertiary/aromatic N) is 4. The molecule has 3 rings (SSSR count). The molecular formula is C15H9Br2FN8. The highest BCUT2D eigenvalue weighted by Gasteiger charge is 2.31. The van der Waals surface area contributed by atoms with E-state index >= 15 is 0 Å². The molecule has 130 valence electrons. The zero-order chi connectivity index (χ0) is 19.0. The van der Waals surface area contributed by atoms with Crippen LogP contribution in [0.1, 0.15) is 22.7 Å². The number of nitrogens with one attached hydrogen (secondary N) is 2. The van der Waals surface area contributed by atoms with Crippen molar-refractivity contribution in [1.82, 2.24) is 10.3 Å². The molecule has 1 aromatic heterocycles. The van der Waals surface area contributed by atoms with Crippen LogP contribution in [0.15, 0.2) is 26.1 Å². The topological polar surface area (TPSA) is 149 Å². The largest absolute Gasteiger partial charge is 0.397 e. The zero-order valence-corrected chi connectivity index (χ0v) is 16.0. The van der Waals surface area contributed by atoms with Crippen LogP contribution in [-0.4, -0.2) is 10.9 Å². The maximum atomic E-state index is 13.8. The minimum atomic E-state index is -0.756. The van der Waals surface area contributed by atoms with Gasteiger partial charge in [-0.15, -0.1) is 0 Å². The molecule has 0 radical (unpaired) electrons. The second kappa shape index (κ2) is 6.78. The van der Waals surface area contributed by atoms with E-state index in [9.17, 15) is 9.65 Å². The molecule has 0 fully saturated rings. The highest BCUT2D eigenvalue weighted by atomic mass is 79.9. The van der Waals surface area contributed by atoms with Crippen molar-refractivity contribution in [1.29, 1.82) is 10.5 Å². The molecule has 0 spiro atoms. The molecule has 0 amide bonds. The van der Waals surface area contributed by atoms with E-state index in [1.807, 2.05) is 6.07 Å². The molecule has 1 aromatic carbocycles. The average Bonchev–Trinajstić information content (AvgIpc) is 2.58. The lowest BCUT2D eigenvalue weighted by atomic mass is 9.95.